The minimum atomic E-state index is -0.635. The molecule has 0 aliphatic heterocycles. The highest BCUT2D eigenvalue weighted by molar-refractivity contribution is 6.45. The van der Waals surface area contributed by atoms with E-state index in [4.69, 9.17) is 16.3 Å². The SMILES string of the molecule is COc1cccc(CCNC(=O)C(=O)c2c[nH]c3ccc(Cl)cc23)c1. The number of ketones is 1. The number of rotatable bonds is 6. The second-order valence-corrected chi connectivity index (χ2v) is 6.02. The van der Waals surface area contributed by atoms with Crippen LogP contribution in [0.15, 0.2) is 48.7 Å². The summed E-state index contributed by atoms with van der Waals surface area (Å²) in [6, 6.07) is 12.8. The first-order valence-electron chi connectivity index (χ1n) is 7.80. The van der Waals surface area contributed by atoms with Gasteiger partial charge in [0.25, 0.3) is 11.7 Å². The standard InChI is InChI=1S/C19H17ClN2O3/c1-25-14-4-2-3-12(9-14)7-8-21-19(24)18(23)16-11-22-17-6-5-13(20)10-15(16)17/h2-6,9-11,22H,7-8H2,1H3,(H,21,24). The normalized spacial score (nSPS) is 10.6. The van der Waals surface area contributed by atoms with Gasteiger partial charge in [0.05, 0.1) is 12.7 Å². The second kappa shape index (κ2) is 7.40. The van der Waals surface area contributed by atoms with Crippen molar-refractivity contribution >= 4 is 34.2 Å². The predicted molar refractivity (Wildman–Crippen MR) is 97.3 cm³/mol. The van der Waals surface area contributed by atoms with Gasteiger partial charge < -0.3 is 15.0 Å². The van der Waals surface area contributed by atoms with Crippen molar-refractivity contribution in [2.24, 2.45) is 0 Å². The summed E-state index contributed by atoms with van der Waals surface area (Å²) < 4.78 is 5.16. The second-order valence-electron chi connectivity index (χ2n) is 5.58. The van der Waals surface area contributed by atoms with Crippen molar-refractivity contribution < 1.29 is 14.3 Å². The summed E-state index contributed by atoms with van der Waals surface area (Å²) in [5.41, 5.74) is 2.10. The first-order chi connectivity index (χ1) is 12.1. The van der Waals surface area contributed by atoms with Gasteiger partial charge >= 0.3 is 0 Å². The molecule has 1 amide bonds. The summed E-state index contributed by atoms with van der Waals surface area (Å²) in [6.45, 7) is 0.362. The molecule has 3 aromatic rings. The fourth-order valence-corrected chi connectivity index (χ4v) is 2.80. The lowest BCUT2D eigenvalue weighted by Gasteiger charge is -2.06. The van der Waals surface area contributed by atoms with E-state index in [0.29, 0.717) is 28.9 Å². The Bertz CT molecular complexity index is 933. The first-order valence-corrected chi connectivity index (χ1v) is 8.18. The summed E-state index contributed by atoms with van der Waals surface area (Å²) in [7, 11) is 1.60. The van der Waals surface area contributed by atoms with Crippen LogP contribution in [-0.4, -0.2) is 30.3 Å². The number of ether oxygens (including phenoxy) is 1. The van der Waals surface area contributed by atoms with E-state index in [0.717, 1.165) is 16.8 Å². The Balaban J connectivity index is 1.64. The molecule has 0 radical (unpaired) electrons. The fourth-order valence-electron chi connectivity index (χ4n) is 2.63. The van der Waals surface area contributed by atoms with E-state index in [1.807, 2.05) is 24.3 Å². The predicted octanol–water partition coefficient (Wildman–Crippen LogP) is 3.37. The molecular formula is C19H17ClN2O3. The van der Waals surface area contributed by atoms with E-state index in [1.54, 1.807) is 25.3 Å². The van der Waals surface area contributed by atoms with E-state index in [1.165, 1.54) is 6.20 Å². The van der Waals surface area contributed by atoms with Crippen LogP contribution in [0.4, 0.5) is 0 Å². The van der Waals surface area contributed by atoms with Gasteiger partial charge in [0.2, 0.25) is 0 Å². The third-order valence-electron chi connectivity index (χ3n) is 3.93. The number of aromatic nitrogens is 1. The van der Waals surface area contributed by atoms with Crippen LogP contribution < -0.4 is 10.1 Å². The molecule has 0 saturated carbocycles. The van der Waals surface area contributed by atoms with Crippen LogP contribution in [0.5, 0.6) is 5.75 Å². The number of hydrogen-bond donors (Lipinski definition) is 2. The molecular weight excluding hydrogens is 340 g/mol. The molecule has 25 heavy (non-hydrogen) atoms. The van der Waals surface area contributed by atoms with Gasteiger partial charge in [-0.15, -0.1) is 0 Å². The van der Waals surface area contributed by atoms with Gasteiger partial charge in [0.15, 0.2) is 0 Å². The number of amides is 1. The molecule has 3 rings (SSSR count). The van der Waals surface area contributed by atoms with Gasteiger partial charge in [-0.3, -0.25) is 9.59 Å². The maximum absolute atomic E-state index is 12.4. The lowest BCUT2D eigenvalue weighted by molar-refractivity contribution is -0.116. The van der Waals surface area contributed by atoms with Crippen LogP contribution in [0.1, 0.15) is 15.9 Å². The molecule has 0 atom stereocenters. The van der Waals surface area contributed by atoms with Gasteiger partial charge in [0, 0.05) is 28.7 Å². The number of carbonyl (C=O) groups is 2. The Kier molecular flexibility index (Phi) is 5.05. The lowest BCUT2D eigenvalue weighted by Crippen LogP contribution is -2.32. The number of aromatic amines is 1. The summed E-state index contributed by atoms with van der Waals surface area (Å²) >= 11 is 5.97. The zero-order valence-corrected chi connectivity index (χ0v) is 14.4. The maximum atomic E-state index is 12.4. The van der Waals surface area contributed by atoms with Gasteiger partial charge in [-0.2, -0.15) is 0 Å². The average Bonchev–Trinajstić information content (AvgIpc) is 3.04. The Hall–Kier alpha value is -2.79. The molecule has 0 spiro atoms. The Morgan fingerprint density at radius 2 is 2.04 bits per heavy atom. The van der Waals surface area contributed by atoms with Crippen molar-refractivity contribution in [3.05, 3.63) is 64.8 Å². The number of nitrogens with one attached hydrogen (secondary N) is 2. The maximum Gasteiger partial charge on any atom is 0.292 e. The molecule has 0 unspecified atom stereocenters. The summed E-state index contributed by atoms with van der Waals surface area (Å²) in [4.78, 5) is 27.5. The van der Waals surface area contributed by atoms with E-state index in [-0.39, 0.29) is 0 Å². The Morgan fingerprint density at radius 3 is 2.84 bits per heavy atom. The van der Waals surface area contributed by atoms with Crippen LogP contribution in [0.3, 0.4) is 0 Å². The molecule has 0 saturated heterocycles. The number of carbonyl (C=O) groups excluding carboxylic acids is 2. The molecule has 1 aromatic heterocycles. The third kappa shape index (κ3) is 3.83. The molecule has 2 N–H and O–H groups in total. The Morgan fingerprint density at radius 1 is 1.20 bits per heavy atom. The van der Waals surface area contributed by atoms with Crippen LogP contribution >= 0.6 is 11.6 Å². The number of benzene rings is 2. The van der Waals surface area contributed by atoms with Gasteiger partial charge in [0.1, 0.15) is 5.75 Å². The van der Waals surface area contributed by atoms with Crippen molar-refractivity contribution in [1.29, 1.82) is 0 Å². The van der Waals surface area contributed by atoms with Crippen molar-refractivity contribution in [3.63, 3.8) is 0 Å². The number of Topliss-reactive ketones (excluding diaryl/α,β-unsaturated/α-hetero) is 1. The molecule has 0 bridgehead atoms. The van der Waals surface area contributed by atoms with Crippen molar-refractivity contribution in [3.8, 4) is 5.75 Å². The quantitative estimate of drug-likeness (QED) is 0.525. The highest BCUT2D eigenvalue weighted by Crippen LogP contribution is 2.22. The van der Waals surface area contributed by atoms with Crippen LogP contribution in [0.2, 0.25) is 5.02 Å². The largest absolute Gasteiger partial charge is 0.497 e. The highest BCUT2D eigenvalue weighted by atomic mass is 35.5. The van der Waals surface area contributed by atoms with E-state index < -0.39 is 11.7 Å². The number of methoxy groups -OCH3 is 1. The summed E-state index contributed by atoms with van der Waals surface area (Å²) in [5.74, 6) is -0.460. The lowest BCUT2D eigenvalue weighted by atomic mass is 10.1. The fraction of sp³-hybridized carbons (Fsp3) is 0.158. The van der Waals surface area contributed by atoms with Crippen molar-refractivity contribution in [2.45, 2.75) is 6.42 Å². The number of hydrogen-bond acceptors (Lipinski definition) is 3. The molecule has 2 aromatic carbocycles. The van der Waals surface area contributed by atoms with Crippen LogP contribution in [0.25, 0.3) is 10.9 Å². The Labute approximate surface area is 149 Å². The molecule has 5 nitrogen and oxygen atoms in total. The molecule has 0 fully saturated rings. The van der Waals surface area contributed by atoms with Crippen molar-refractivity contribution in [2.75, 3.05) is 13.7 Å². The van der Waals surface area contributed by atoms with Crippen molar-refractivity contribution in [1.82, 2.24) is 10.3 Å². The summed E-state index contributed by atoms with van der Waals surface area (Å²) in [6.07, 6.45) is 2.14. The topological polar surface area (TPSA) is 71.2 Å². The van der Waals surface area contributed by atoms with E-state index >= 15 is 0 Å². The average molecular weight is 357 g/mol. The molecule has 0 aliphatic rings. The van der Waals surface area contributed by atoms with Gasteiger partial charge in [-0.1, -0.05) is 23.7 Å². The zero-order valence-electron chi connectivity index (χ0n) is 13.6. The molecule has 6 heteroatoms. The molecule has 128 valence electrons. The van der Waals surface area contributed by atoms with Crippen LogP contribution in [-0.2, 0) is 11.2 Å². The molecule has 1 heterocycles. The smallest absolute Gasteiger partial charge is 0.292 e. The van der Waals surface area contributed by atoms with Gasteiger partial charge in [-0.05, 0) is 42.3 Å². The van der Waals surface area contributed by atoms with E-state index in [2.05, 4.69) is 10.3 Å². The molecule has 0 aliphatic carbocycles. The van der Waals surface area contributed by atoms with Crippen LogP contribution in [0, 0.1) is 0 Å². The highest BCUT2D eigenvalue weighted by Gasteiger charge is 2.19. The van der Waals surface area contributed by atoms with Gasteiger partial charge in [-0.25, -0.2) is 0 Å². The number of H-pyrrole nitrogens is 1. The zero-order chi connectivity index (χ0) is 17.8. The number of halogens is 1. The number of fused-ring (bicyclic) bond motifs is 1. The minimum absolute atomic E-state index is 0.316. The first kappa shape index (κ1) is 17.0. The van der Waals surface area contributed by atoms with E-state index in [9.17, 15) is 9.59 Å². The summed E-state index contributed by atoms with van der Waals surface area (Å²) in [5, 5.41) is 3.81. The monoisotopic (exact) mass is 356 g/mol. The third-order valence-corrected chi connectivity index (χ3v) is 4.16. The minimum Gasteiger partial charge on any atom is -0.497 e.